The summed E-state index contributed by atoms with van der Waals surface area (Å²) in [5.41, 5.74) is 6.67. The van der Waals surface area contributed by atoms with E-state index in [2.05, 4.69) is 0 Å². The Morgan fingerprint density at radius 3 is 2.20 bits per heavy atom. The molecule has 0 atom stereocenters. The SMILES string of the molecule is COc1ccccc1OCCOc1ccc2ccccc2c1C(N)=S. The van der Waals surface area contributed by atoms with Gasteiger partial charge in [0.2, 0.25) is 0 Å². The van der Waals surface area contributed by atoms with Gasteiger partial charge in [-0.25, -0.2) is 0 Å². The molecule has 0 spiro atoms. The molecule has 3 aromatic rings. The van der Waals surface area contributed by atoms with Crippen LogP contribution in [0.3, 0.4) is 0 Å². The predicted molar refractivity (Wildman–Crippen MR) is 104 cm³/mol. The van der Waals surface area contributed by atoms with Crippen LogP contribution in [0.5, 0.6) is 17.2 Å². The van der Waals surface area contributed by atoms with Crippen LogP contribution in [0.25, 0.3) is 10.8 Å². The Morgan fingerprint density at radius 2 is 1.48 bits per heavy atom. The minimum absolute atomic E-state index is 0.317. The summed E-state index contributed by atoms with van der Waals surface area (Å²) < 4.78 is 16.9. The number of hydrogen-bond acceptors (Lipinski definition) is 4. The second kappa shape index (κ2) is 7.85. The van der Waals surface area contributed by atoms with Crippen molar-refractivity contribution in [2.24, 2.45) is 5.73 Å². The van der Waals surface area contributed by atoms with E-state index in [1.165, 1.54) is 0 Å². The summed E-state index contributed by atoms with van der Waals surface area (Å²) in [7, 11) is 1.61. The first-order valence-corrected chi connectivity index (χ1v) is 8.31. The van der Waals surface area contributed by atoms with Gasteiger partial charge in [-0.3, -0.25) is 0 Å². The fraction of sp³-hybridized carbons (Fsp3) is 0.150. The Labute approximate surface area is 152 Å². The molecule has 0 aromatic heterocycles. The maximum atomic E-state index is 5.92. The Hall–Kier alpha value is -2.79. The third-order valence-corrected chi connectivity index (χ3v) is 4.01. The van der Waals surface area contributed by atoms with Crippen LogP contribution in [0.15, 0.2) is 60.7 Å². The van der Waals surface area contributed by atoms with Crippen molar-refractivity contribution in [1.82, 2.24) is 0 Å². The molecule has 5 heteroatoms. The molecule has 0 amide bonds. The molecule has 2 N–H and O–H groups in total. The van der Waals surface area contributed by atoms with Crippen LogP contribution in [-0.4, -0.2) is 25.3 Å². The van der Waals surface area contributed by atoms with Crippen LogP contribution in [0.4, 0.5) is 0 Å². The van der Waals surface area contributed by atoms with E-state index in [9.17, 15) is 0 Å². The molecule has 0 bridgehead atoms. The monoisotopic (exact) mass is 353 g/mol. The molecule has 3 aromatic carbocycles. The van der Waals surface area contributed by atoms with Crippen molar-refractivity contribution in [3.05, 3.63) is 66.2 Å². The van der Waals surface area contributed by atoms with Gasteiger partial charge in [0, 0.05) is 0 Å². The standard InChI is InChI=1S/C20H19NO3S/c1-22-16-8-4-5-9-17(16)23-12-13-24-18-11-10-14-6-2-3-7-15(14)19(18)20(21)25/h2-11H,12-13H2,1H3,(H2,21,25). The van der Waals surface area contributed by atoms with Crippen molar-refractivity contribution >= 4 is 28.0 Å². The van der Waals surface area contributed by atoms with Crippen LogP contribution < -0.4 is 19.9 Å². The number of benzene rings is 3. The average molecular weight is 353 g/mol. The molecule has 0 radical (unpaired) electrons. The average Bonchev–Trinajstić information content (AvgIpc) is 2.64. The minimum Gasteiger partial charge on any atom is -0.493 e. The summed E-state index contributed by atoms with van der Waals surface area (Å²) in [5.74, 6) is 2.04. The summed E-state index contributed by atoms with van der Waals surface area (Å²) >= 11 is 5.22. The van der Waals surface area contributed by atoms with Gasteiger partial charge in [0.1, 0.15) is 24.0 Å². The number of hydrogen-bond donors (Lipinski definition) is 1. The lowest BCUT2D eigenvalue weighted by molar-refractivity contribution is 0.211. The fourth-order valence-corrected chi connectivity index (χ4v) is 2.88. The molecule has 0 aliphatic carbocycles. The maximum Gasteiger partial charge on any atom is 0.161 e. The fourth-order valence-electron chi connectivity index (χ4n) is 2.67. The van der Waals surface area contributed by atoms with Crippen LogP contribution in [-0.2, 0) is 0 Å². The number of nitrogens with two attached hydrogens (primary N) is 1. The molecule has 25 heavy (non-hydrogen) atoms. The zero-order valence-electron chi connectivity index (χ0n) is 13.9. The summed E-state index contributed by atoms with van der Waals surface area (Å²) in [4.78, 5) is 0.317. The molecule has 0 heterocycles. The third kappa shape index (κ3) is 3.83. The smallest absolute Gasteiger partial charge is 0.161 e. The number of fused-ring (bicyclic) bond motifs is 1. The highest BCUT2D eigenvalue weighted by atomic mass is 32.1. The van der Waals surface area contributed by atoms with Crippen LogP contribution in [0.1, 0.15) is 5.56 Å². The van der Waals surface area contributed by atoms with Gasteiger partial charge in [-0.2, -0.15) is 0 Å². The Morgan fingerprint density at radius 1 is 0.840 bits per heavy atom. The summed E-state index contributed by atoms with van der Waals surface area (Å²) in [5, 5.41) is 2.06. The lowest BCUT2D eigenvalue weighted by atomic mass is 10.0. The van der Waals surface area contributed by atoms with Gasteiger partial charge in [0.25, 0.3) is 0 Å². The van der Waals surface area contributed by atoms with Crippen molar-refractivity contribution in [3.8, 4) is 17.2 Å². The second-order valence-electron chi connectivity index (χ2n) is 5.37. The molecule has 4 nitrogen and oxygen atoms in total. The number of thiocarbonyl (C=S) groups is 1. The maximum absolute atomic E-state index is 5.92. The number of para-hydroxylation sites is 2. The van der Waals surface area contributed by atoms with E-state index in [-0.39, 0.29) is 0 Å². The first-order valence-electron chi connectivity index (χ1n) is 7.91. The van der Waals surface area contributed by atoms with Crippen molar-refractivity contribution in [2.75, 3.05) is 20.3 Å². The van der Waals surface area contributed by atoms with Gasteiger partial charge in [-0.15, -0.1) is 0 Å². The van der Waals surface area contributed by atoms with Gasteiger partial charge in [-0.05, 0) is 29.0 Å². The first-order chi connectivity index (χ1) is 12.2. The van der Waals surface area contributed by atoms with E-state index in [1.54, 1.807) is 7.11 Å². The number of methoxy groups -OCH3 is 1. The lowest BCUT2D eigenvalue weighted by Crippen LogP contribution is -2.15. The van der Waals surface area contributed by atoms with E-state index < -0.39 is 0 Å². The summed E-state index contributed by atoms with van der Waals surface area (Å²) in [6, 6.07) is 19.3. The molecule has 0 saturated heterocycles. The highest BCUT2D eigenvalue weighted by Crippen LogP contribution is 2.28. The lowest BCUT2D eigenvalue weighted by Gasteiger charge is -2.14. The van der Waals surface area contributed by atoms with E-state index >= 15 is 0 Å². The molecule has 0 saturated carbocycles. The van der Waals surface area contributed by atoms with Crippen molar-refractivity contribution in [2.45, 2.75) is 0 Å². The van der Waals surface area contributed by atoms with Crippen molar-refractivity contribution in [1.29, 1.82) is 0 Å². The Bertz CT molecular complexity index is 895. The van der Waals surface area contributed by atoms with Crippen LogP contribution in [0, 0.1) is 0 Å². The molecule has 128 valence electrons. The summed E-state index contributed by atoms with van der Waals surface area (Å²) in [6.07, 6.45) is 0. The van der Waals surface area contributed by atoms with E-state index in [0.29, 0.717) is 35.5 Å². The highest BCUT2D eigenvalue weighted by Gasteiger charge is 2.11. The minimum atomic E-state index is 0.317. The van der Waals surface area contributed by atoms with Crippen LogP contribution >= 0.6 is 12.2 Å². The second-order valence-corrected chi connectivity index (χ2v) is 5.81. The normalized spacial score (nSPS) is 10.4. The topological polar surface area (TPSA) is 53.7 Å². The third-order valence-electron chi connectivity index (χ3n) is 3.80. The van der Waals surface area contributed by atoms with Crippen LogP contribution in [0.2, 0.25) is 0 Å². The molecular formula is C20H19NO3S. The van der Waals surface area contributed by atoms with Crippen molar-refractivity contribution in [3.63, 3.8) is 0 Å². The van der Waals surface area contributed by atoms with Gasteiger partial charge in [0.15, 0.2) is 11.5 Å². The Balaban J connectivity index is 1.71. The summed E-state index contributed by atoms with van der Waals surface area (Å²) in [6.45, 7) is 0.746. The molecule has 0 unspecified atom stereocenters. The van der Waals surface area contributed by atoms with Gasteiger partial charge in [0.05, 0.1) is 12.7 Å². The van der Waals surface area contributed by atoms with E-state index in [4.69, 9.17) is 32.2 Å². The molecule has 3 rings (SSSR count). The first kappa shape index (κ1) is 17.0. The van der Waals surface area contributed by atoms with Crippen molar-refractivity contribution < 1.29 is 14.2 Å². The zero-order valence-corrected chi connectivity index (χ0v) is 14.7. The number of ether oxygens (including phenoxy) is 3. The Kier molecular flexibility index (Phi) is 5.36. The van der Waals surface area contributed by atoms with Gasteiger partial charge in [-0.1, -0.05) is 54.7 Å². The molecule has 0 aliphatic rings. The van der Waals surface area contributed by atoms with Gasteiger partial charge >= 0.3 is 0 Å². The number of rotatable bonds is 7. The molecule has 0 aliphatic heterocycles. The zero-order chi connectivity index (χ0) is 17.6. The van der Waals surface area contributed by atoms with E-state index in [0.717, 1.165) is 16.3 Å². The highest BCUT2D eigenvalue weighted by molar-refractivity contribution is 7.80. The van der Waals surface area contributed by atoms with Gasteiger partial charge < -0.3 is 19.9 Å². The largest absolute Gasteiger partial charge is 0.493 e. The molecule has 0 fully saturated rings. The quantitative estimate of drug-likeness (QED) is 0.515. The molecular weight excluding hydrogens is 334 g/mol. The predicted octanol–water partition coefficient (Wildman–Crippen LogP) is 3.94. The van der Waals surface area contributed by atoms with E-state index in [1.807, 2.05) is 60.7 Å².